The number of hydrogen-bond donors (Lipinski definition) is 0. The highest BCUT2D eigenvalue weighted by atomic mass is 32.2. The first kappa shape index (κ1) is 23.9. The maximum absolute atomic E-state index is 13.1. The SMILES string of the molecule is CCc1cccc(CC)c1-n1c(SCC(=O)N2CCC(c3ccccc3)=N2)nnc1-c1cccnc1. The molecule has 5 rings (SSSR count). The van der Waals surface area contributed by atoms with Gasteiger partial charge in [0, 0.05) is 24.4 Å². The Kier molecular flexibility index (Phi) is 7.23. The molecule has 0 atom stereocenters. The number of para-hydroxylation sites is 1. The van der Waals surface area contributed by atoms with Crippen molar-refractivity contribution >= 4 is 23.4 Å². The molecule has 7 nitrogen and oxygen atoms in total. The minimum atomic E-state index is -0.0390. The summed E-state index contributed by atoms with van der Waals surface area (Å²) < 4.78 is 2.09. The van der Waals surface area contributed by atoms with Gasteiger partial charge in [-0.2, -0.15) is 5.10 Å². The van der Waals surface area contributed by atoms with Crippen LogP contribution in [0, 0.1) is 0 Å². The number of thioether (sulfide) groups is 1. The topological polar surface area (TPSA) is 76.3 Å². The fourth-order valence-corrected chi connectivity index (χ4v) is 5.23. The van der Waals surface area contributed by atoms with E-state index in [1.165, 1.54) is 22.9 Å². The molecule has 0 saturated heterocycles. The molecule has 182 valence electrons. The van der Waals surface area contributed by atoms with Gasteiger partial charge in [-0.15, -0.1) is 10.2 Å². The van der Waals surface area contributed by atoms with Gasteiger partial charge in [0.15, 0.2) is 11.0 Å². The Labute approximate surface area is 215 Å². The second-order valence-corrected chi connectivity index (χ2v) is 9.43. The highest BCUT2D eigenvalue weighted by Gasteiger charge is 2.24. The third kappa shape index (κ3) is 4.81. The number of pyridine rings is 1. The van der Waals surface area contributed by atoms with Crippen LogP contribution < -0.4 is 0 Å². The van der Waals surface area contributed by atoms with Gasteiger partial charge in [0.2, 0.25) is 0 Å². The Morgan fingerprint density at radius 1 is 0.917 bits per heavy atom. The lowest BCUT2D eigenvalue weighted by atomic mass is 10.0. The molecule has 0 fully saturated rings. The number of hydrogen-bond acceptors (Lipinski definition) is 6. The average Bonchev–Trinajstić information content (AvgIpc) is 3.60. The highest BCUT2D eigenvalue weighted by molar-refractivity contribution is 7.99. The van der Waals surface area contributed by atoms with Crippen LogP contribution in [0.25, 0.3) is 17.1 Å². The predicted octanol–water partition coefficient (Wildman–Crippen LogP) is 5.18. The number of aryl methyl sites for hydroxylation is 2. The van der Waals surface area contributed by atoms with Gasteiger partial charge in [0.1, 0.15) is 0 Å². The quantitative estimate of drug-likeness (QED) is 0.314. The van der Waals surface area contributed by atoms with Gasteiger partial charge in [-0.05, 0) is 41.7 Å². The number of hydrazone groups is 1. The molecule has 8 heteroatoms. The van der Waals surface area contributed by atoms with Crippen molar-refractivity contribution in [3.63, 3.8) is 0 Å². The normalized spacial score (nSPS) is 13.2. The number of carbonyl (C=O) groups excluding carboxylic acids is 1. The number of nitrogens with zero attached hydrogens (tertiary/aromatic N) is 6. The van der Waals surface area contributed by atoms with Gasteiger partial charge in [-0.25, -0.2) is 5.01 Å². The molecular formula is C28H28N6OS. The molecule has 0 radical (unpaired) electrons. The summed E-state index contributed by atoms with van der Waals surface area (Å²) in [5.74, 6) is 0.911. The Morgan fingerprint density at radius 2 is 1.67 bits per heavy atom. The third-order valence-corrected chi connectivity index (χ3v) is 7.18. The fraction of sp³-hybridized carbons (Fsp3) is 0.250. The number of carbonyl (C=O) groups is 1. The minimum absolute atomic E-state index is 0.0390. The lowest BCUT2D eigenvalue weighted by Gasteiger charge is -2.18. The van der Waals surface area contributed by atoms with E-state index in [-0.39, 0.29) is 11.7 Å². The van der Waals surface area contributed by atoms with Gasteiger partial charge in [0.05, 0.1) is 23.7 Å². The van der Waals surface area contributed by atoms with Crippen LogP contribution in [-0.4, -0.2) is 48.7 Å². The van der Waals surface area contributed by atoms with Crippen LogP contribution in [0.1, 0.15) is 37.0 Å². The molecule has 0 unspecified atom stereocenters. The zero-order chi connectivity index (χ0) is 24.9. The number of rotatable bonds is 8. The molecule has 0 aliphatic carbocycles. The first-order valence-electron chi connectivity index (χ1n) is 12.2. The summed E-state index contributed by atoms with van der Waals surface area (Å²) in [5.41, 5.74) is 6.40. The van der Waals surface area contributed by atoms with E-state index in [1.54, 1.807) is 17.4 Å². The number of benzene rings is 2. The second-order valence-electron chi connectivity index (χ2n) is 8.48. The lowest BCUT2D eigenvalue weighted by Crippen LogP contribution is -2.25. The zero-order valence-corrected chi connectivity index (χ0v) is 21.3. The monoisotopic (exact) mass is 496 g/mol. The van der Waals surface area contributed by atoms with Crippen LogP contribution in [-0.2, 0) is 17.6 Å². The third-order valence-electron chi connectivity index (χ3n) is 6.26. The molecule has 1 aliphatic heterocycles. The van der Waals surface area contributed by atoms with Gasteiger partial charge < -0.3 is 0 Å². The van der Waals surface area contributed by atoms with E-state index in [1.807, 2.05) is 42.5 Å². The van der Waals surface area contributed by atoms with Crippen molar-refractivity contribution in [1.29, 1.82) is 0 Å². The largest absolute Gasteiger partial charge is 0.272 e. The van der Waals surface area contributed by atoms with Crippen molar-refractivity contribution in [3.8, 4) is 17.1 Å². The zero-order valence-electron chi connectivity index (χ0n) is 20.5. The van der Waals surface area contributed by atoms with E-state index < -0.39 is 0 Å². The molecule has 0 bridgehead atoms. The standard InChI is InChI=1S/C28H28N6OS/c1-3-20-12-8-13-21(4-2)26(20)34-27(23-14-9-16-29-18-23)30-31-28(34)36-19-25(35)33-17-15-24(32-33)22-10-6-5-7-11-22/h5-14,16,18H,3-4,15,17,19H2,1-2H3. The number of amides is 1. The summed E-state index contributed by atoms with van der Waals surface area (Å²) >= 11 is 1.40. The van der Waals surface area contributed by atoms with Crippen LogP contribution >= 0.6 is 11.8 Å². The van der Waals surface area contributed by atoms with Crippen LogP contribution in [0.5, 0.6) is 0 Å². The Bertz CT molecular complexity index is 1360. The molecular weight excluding hydrogens is 468 g/mol. The molecule has 4 aromatic rings. The predicted molar refractivity (Wildman–Crippen MR) is 143 cm³/mol. The lowest BCUT2D eigenvalue weighted by molar-refractivity contribution is -0.127. The summed E-state index contributed by atoms with van der Waals surface area (Å²) in [5, 5.41) is 15.9. The molecule has 2 aromatic heterocycles. The van der Waals surface area contributed by atoms with E-state index >= 15 is 0 Å². The highest BCUT2D eigenvalue weighted by Crippen LogP contribution is 2.32. The smallest absolute Gasteiger partial charge is 0.253 e. The van der Waals surface area contributed by atoms with Crippen molar-refractivity contribution in [2.45, 2.75) is 38.3 Å². The van der Waals surface area contributed by atoms with Crippen molar-refractivity contribution < 1.29 is 4.79 Å². The van der Waals surface area contributed by atoms with Crippen molar-refractivity contribution in [2.75, 3.05) is 12.3 Å². The van der Waals surface area contributed by atoms with E-state index in [9.17, 15) is 4.79 Å². The summed E-state index contributed by atoms with van der Waals surface area (Å²) in [6.07, 6.45) is 6.05. The summed E-state index contributed by atoms with van der Waals surface area (Å²) in [4.78, 5) is 17.4. The summed E-state index contributed by atoms with van der Waals surface area (Å²) in [6, 6.07) is 20.3. The van der Waals surface area contributed by atoms with Crippen LogP contribution in [0.2, 0.25) is 0 Å². The van der Waals surface area contributed by atoms with Gasteiger partial charge in [-0.1, -0.05) is 74.1 Å². The van der Waals surface area contributed by atoms with Crippen molar-refractivity contribution in [1.82, 2.24) is 24.8 Å². The molecule has 0 spiro atoms. The van der Waals surface area contributed by atoms with E-state index in [2.05, 4.69) is 56.9 Å². The van der Waals surface area contributed by atoms with Gasteiger partial charge in [0.25, 0.3) is 5.91 Å². The van der Waals surface area contributed by atoms with Crippen molar-refractivity contribution in [3.05, 3.63) is 89.7 Å². The van der Waals surface area contributed by atoms with Crippen molar-refractivity contribution in [2.24, 2.45) is 5.10 Å². The van der Waals surface area contributed by atoms with Gasteiger partial charge >= 0.3 is 0 Å². The summed E-state index contributed by atoms with van der Waals surface area (Å²) in [6.45, 7) is 4.90. The summed E-state index contributed by atoms with van der Waals surface area (Å²) in [7, 11) is 0. The van der Waals surface area contributed by atoms with E-state index in [0.717, 1.165) is 47.6 Å². The molecule has 3 heterocycles. The molecule has 0 N–H and O–H groups in total. The van der Waals surface area contributed by atoms with Crippen LogP contribution in [0.15, 0.2) is 83.3 Å². The van der Waals surface area contributed by atoms with Crippen LogP contribution in [0.4, 0.5) is 0 Å². The first-order valence-corrected chi connectivity index (χ1v) is 13.2. The maximum atomic E-state index is 13.1. The van der Waals surface area contributed by atoms with Crippen LogP contribution in [0.3, 0.4) is 0 Å². The van der Waals surface area contributed by atoms with Gasteiger partial charge in [-0.3, -0.25) is 14.3 Å². The fourth-order valence-electron chi connectivity index (χ4n) is 4.42. The Morgan fingerprint density at radius 3 is 2.36 bits per heavy atom. The first-order chi connectivity index (χ1) is 17.7. The molecule has 36 heavy (non-hydrogen) atoms. The molecule has 1 amide bonds. The van der Waals surface area contributed by atoms with E-state index in [0.29, 0.717) is 11.7 Å². The molecule has 1 aliphatic rings. The maximum Gasteiger partial charge on any atom is 0.253 e. The minimum Gasteiger partial charge on any atom is -0.272 e. The molecule has 0 saturated carbocycles. The number of aromatic nitrogens is 4. The second kappa shape index (κ2) is 10.9. The van der Waals surface area contributed by atoms with E-state index in [4.69, 9.17) is 0 Å². The average molecular weight is 497 g/mol. The molecule has 2 aromatic carbocycles. The Balaban J connectivity index is 1.46. The Hall–Kier alpha value is -3.78.